The number of anilines is 1. The van der Waals surface area contributed by atoms with Crippen LogP contribution in [0.25, 0.3) is 11.0 Å². The Hall–Kier alpha value is -3.23. The number of para-hydroxylation sites is 1. The van der Waals surface area contributed by atoms with Crippen molar-refractivity contribution in [3.8, 4) is 0 Å². The number of nitrogens with one attached hydrogen (secondary N) is 4. The number of benzene rings is 2. The third-order valence-corrected chi connectivity index (χ3v) is 4.61. The molecule has 4 N–H and O–H groups in total. The topological polar surface area (TPSA) is 81.8 Å². The summed E-state index contributed by atoms with van der Waals surface area (Å²) in [6.07, 6.45) is -4.40. The van der Waals surface area contributed by atoms with E-state index in [2.05, 4.69) is 25.9 Å². The molecule has 0 atom stereocenters. The van der Waals surface area contributed by atoms with Crippen LogP contribution in [0.1, 0.15) is 30.5 Å². The Bertz CT molecular complexity index is 1030. The molecule has 0 radical (unpaired) electrons. The molecule has 3 aromatic rings. The van der Waals surface area contributed by atoms with E-state index in [0.29, 0.717) is 23.6 Å². The summed E-state index contributed by atoms with van der Waals surface area (Å²) >= 11 is 0. The lowest BCUT2D eigenvalue weighted by atomic mass is 9.93. The van der Waals surface area contributed by atoms with Crippen LogP contribution in [0.3, 0.4) is 0 Å². The van der Waals surface area contributed by atoms with E-state index in [9.17, 15) is 18.0 Å². The third kappa shape index (κ3) is 4.61. The zero-order valence-electron chi connectivity index (χ0n) is 16.2. The average molecular weight is 405 g/mol. The van der Waals surface area contributed by atoms with E-state index in [-0.39, 0.29) is 6.03 Å². The van der Waals surface area contributed by atoms with Crippen molar-refractivity contribution in [2.24, 2.45) is 0 Å². The Balaban J connectivity index is 1.87. The number of H-pyrrole nitrogens is 1. The molecule has 154 valence electrons. The van der Waals surface area contributed by atoms with E-state index >= 15 is 0 Å². The molecule has 0 aliphatic carbocycles. The van der Waals surface area contributed by atoms with Gasteiger partial charge in [-0.25, -0.2) is 9.78 Å². The number of nitrogens with zero attached hydrogens (tertiary/aromatic N) is 1. The summed E-state index contributed by atoms with van der Waals surface area (Å²) in [7, 11) is 1.53. The van der Waals surface area contributed by atoms with Gasteiger partial charge in [-0.05, 0) is 43.2 Å². The van der Waals surface area contributed by atoms with Gasteiger partial charge in [-0.2, -0.15) is 13.2 Å². The van der Waals surface area contributed by atoms with E-state index in [0.717, 1.165) is 23.2 Å². The largest absolute Gasteiger partial charge is 0.416 e. The lowest BCUT2D eigenvalue weighted by Gasteiger charge is -2.27. The monoisotopic (exact) mass is 405 g/mol. The molecular weight excluding hydrogens is 383 g/mol. The number of carbonyl (C=O) groups is 1. The average Bonchev–Trinajstić information content (AvgIpc) is 3.07. The summed E-state index contributed by atoms with van der Waals surface area (Å²) in [4.78, 5) is 19.1. The van der Waals surface area contributed by atoms with Gasteiger partial charge in [-0.15, -0.1) is 0 Å². The number of hydrogen-bond acceptors (Lipinski definition) is 3. The predicted molar refractivity (Wildman–Crippen MR) is 105 cm³/mol. The van der Waals surface area contributed by atoms with Gasteiger partial charge in [0.25, 0.3) is 0 Å². The van der Waals surface area contributed by atoms with Gasteiger partial charge in [0.2, 0.25) is 5.95 Å². The first-order chi connectivity index (χ1) is 13.6. The molecule has 0 saturated carbocycles. The number of imidazole rings is 1. The smallest absolute Gasteiger partial charge is 0.347 e. The van der Waals surface area contributed by atoms with E-state index in [1.165, 1.54) is 13.1 Å². The number of aromatic nitrogens is 2. The summed E-state index contributed by atoms with van der Waals surface area (Å²) in [6.45, 7) is 3.85. The Kier molecular flexibility index (Phi) is 5.41. The highest BCUT2D eigenvalue weighted by Gasteiger charge is 2.32. The first-order valence-electron chi connectivity index (χ1n) is 8.99. The van der Waals surface area contributed by atoms with Gasteiger partial charge in [0.1, 0.15) is 0 Å². The predicted octanol–water partition coefficient (Wildman–Crippen LogP) is 4.36. The minimum absolute atomic E-state index is 0.290. The fourth-order valence-electron chi connectivity index (χ4n) is 3.01. The van der Waals surface area contributed by atoms with Crippen LogP contribution < -0.4 is 16.0 Å². The standard InChI is InChI=1S/C20H22F3N5O/c1-19(2,13-7-5-8-14(10-13)20(21,22)23)28-17-26-15-9-4-6-12(16(15)27-17)11-25-18(29)24-3/h4-10H,11H2,1-3H3,(H2,24,25,29)(H2,26,27,28). The van der Waals surface area contributed by atoms with Gasteiger partial charge in [0.05, 0.1) is 22.1 Å². The molecule has 9 heteroatoms. The maximum atomic E-state index is 13.0. The molecular formula is C20H22F3N5O. The Morgan fingerprint density at radius 3 is 2.48 bits per heavy atom. The lowest BCUT2D eigenvalue weighted by molar-refractivity contribution is -0.137. The second kappa shape index (κ2) is 7.65. The van der Waals surface area contributed by atoms with E-state index in [4.69, 9.17) is 0 Å². The second-order valence-corrected chi connectivity index (χ2v) is 7.16. The quantitative estimate of drug-likeness (QED) is 0.509. The normalized spacial score (nSPS) is 12.1. The van der Waals surface area contributed by atoms with Crippen molar-refractivity contribution in [2.45, 2.75) is 32.1 Å². The van der Waals surface area contributed by atoms with Crippen LogP contribution in [0.4, 0.5) is 23.9 Å². The van der Waals surface area contributed by atoms with Crippen LogP contribution in [-0.2, 0) is 18.3 Å². The van der Waals surface area contributed by atoms with Gasteiger partial charge >= 0.3 is 12.2 Å². The number of hydrogen-bond donors (Lipinski definition) is 4. The molecule has 1 heterocycles. The van der Waals surface area contributed by atoms with Crippen LogP contribution in [0, 0.1) is 0 Å². The van der Waals surface area contributed by atoms with Crippen LogP contribution in [0.15, 0.2) is 42.5 Å². The number of rotatable bonds is 5. The summed E-state index contributed by atoms with van der Waals surface area (Å²) in [5, 5.41) is 8.37. The van der Waals surface area contributed by atoms with Gasteiger partial charge in [-0.1, -0.05) is 24.3 Å². The molecule has 0 unspecified atom stereocenters. The lowest BCUT2D eigenvalue weighted by Crippen LogP contribution is -2.32. The minimum atomic E-state index is -4.40. The maximum absolute atomic E-state index is 13.0. The van der Waals surface area contributed by atoms with E-state index < -0.39 is 17.3 Å². The Labute approximate surface area is 165 Å². The Morgan fingerprint density at radius 2 is 1.79 bits per heavy atom. The Morgan fingerprint density at radius 1 is 1.10 bits per heavy atom. The number of halogens is 3. The highest BCUT2D eigenvalue weighted by molar-refractivity contribution is 5.82. The SMILES string of the molecule is CNC(=O)NCc1cccc2[nH]c(NC(C)(C)c3cccc(C(F)(F)F)c3)nc12. The van der Waals surface area contributed by atoms with Crippen molar-refractivity contribution in [1.82, 2.24) is 20.6 Å². The van der Waals surface area contributed by atoms with Crippen LogP contribution in [0.5, 0.6) is 0 Å². The van der Waals surface area contributed by atoms with Gasteiger partial charge in [-0.3, -0.25) is 0 Å². The molecule has 0 aliphatic heterocycles. The second-order valence-electron chi connectivity index (χ2n) is 7.16. The zero-order valence-corrected chi connectivity index (χ0v) is 16.2. The van der Waals surface area contributed by atoms with E-state index in [1.54, 1.807) is 19.9 Å². The van der Waals surface area contributed by atoms with Crippen molar-refractivity contribution in [3.05, 3.63) is 59.2 Å². The molecule has 2 aromatic carbocycles. The van der Waals surface area contributed by atoms with Crippen molar-refractivity contribution >= 4 is 23.0 Å². The summed E-state index contributed by atoms with van der Waals surface area (Å²) in [6, 6.07) is 10.4. The summed E-state index contributed by atoms with van der Waals surface area (Å²) < 4.78 is 39.1. The molecule has 0 fully saturated rings. The van der Waals surface area contributed by atoms with Gasteiger partial charge in [0.15, 0.2) is 0 Å². The summed E-state index contributed by atoms with van der Waals surface area (Å²) in [5.41, 5.74) is 1.21. The minimum Gasteiger partial charge on any atom is -0.347 e. The maximum Gasteiger partial charge on any atom is 0.416 e. The van der Waals surface area contributed by atoms with Crippen molar-refractivity contribution in [2.75, 3.05) is 12.4 Å². The molecule has 29 heavy (non-hydrogen) atoms. The molecule has 2 amide bonds. The zero-order chi connectivity index (χ0) is 21.2. The third-order valence-electron chi connectivity index (χ3n) is 4.61. The molecule has 0 spiro atoms. The number of carbonyl (C=O) groups excluding carboxylic acids is 1. The molecule has 6 nitrogen and oxygen atoms in total. The highest BCUT2D eigenvalue weighted by atomic mass is 19.4. The highest BCUT2D eigenvalue weighted by Crippen LogP contribution is 2.33. The fourth-order valence-corrected chi connectivity index (χ4v) is 3.01. The van der Waals surface area contributed by atoms with Crippen LogP contribution in [-0.4, -0.2) is 23.0 Å². The number of amides is 2. The molecule has 0 bridgehead atoms. The molecule has 1 aromatic heterocycles. The number of fused-ring (bicyclic) bond motifs is 1. The first kappa shape index (κ1) is 20.5. The number of alkyl halides is 3. The van der Waals surface area contributed by atoms with Crippen molar-refractivity contribution in [3.63, 3.8) is 0 Å². The fraction of sp³-hybridized carbons (Fsp3) is 0.300. The van der Waals surface area contributed by atoms with E-state index in [1.807, 2.05) is 18.2 Å². The van der Waals surface area contributed by atoms with Gasteiger partial charge < -0.3 is 20.9 Å². The number of urea groups is 1. The van der Waals surface area contributed by atoms with Crippen LogP contribution in [0.2, 0.25) is 0 Å². The first-order valence-corrected chi connectivity index (χ1v) is 8.99. The van der Waals surface area contributed by atoms with Crippen molar-refractivity contribution < 1.29 is 18.0 Å². The number of aromatic amines is 1. The van der Waals surface area contributed by atoms with Crippen molar-refractivity contribution in [1.29, 1.82) is 0 Å². The van der Waals surface area contributed by atoms with Gasteiger partial charge in [0, 0.05) is 13.6 Å². The van der Waals surface area contributed by atoms with Crippen LogP contribution >= 0.6 is 0 Å². The summed E-state index contributed by atoms with van der Waals surface area (Å²) in [5.74, 6) is 0.426. The molecule has 0 saturated heterocycles. The molecule has 0 aliphatic rings. The molecule has 3 rings (SSSR count).